The summed E-state index contributed by atoms with van der Waals surface area (Å²) in [5, 5.41) is 3.35. The Morgan fingerprint density at radius 3 is 2.70 bits per heavy atom. The summed E-state index contributed by atoms with van der Waals surface area (Å²) in [5.41, 5.74) is 10.2. The predicted octanol–water partition coefficient (Wildman–Crippen LogP) is 3.66. The highest BCUT2D eigenvalue weighted by molar-refractivity contribution is 6.31. The first-order valence-corrected chi connectivity index (χ1v) is 6.99. The van der Waals surface area contributed by atoms with E-state index in [0.29, 0.717) is 16.3 Å². The minimum absolute atomic E-state index is 0.197. The molecular formula is C16H15ClN2O. The SMILES string of the molecule is Nc1cc(Cl)cc(C(=O)Nc2ccc3c(c2)CCC3)c1. The zero-order valence-corrected chi connectivity index (χ0v) is 11.7. The fraction of sp³-hybridized carbons (Fsp3) is 0.188. The van der Waals surface area contributed by atoms with Gasteiger partial charge in [0.05, 0.1) is 0 Å². The molecule has 3 nitrogen and oxygen atoms in total. The topological polar surface area (TPSA) is 55.1 Å². The highest BCUT2D eigenvalue weighted by Crippen LogP contribution is 2.25. The Labute approximate surface area is 122 Å². The molecule has 3 rings (SSSR count). The molecule has 0 fully saturated rings. The number of amides is 1. The molecular weight excluding hydrogens is 272 g/mol. The molecule has 0 radical (unpaired) electrons. The van der Waals surface area contributed by atoms with E-state index < -0.39 is 0 Å². The van der Waals surface area contributed by atoms with Gasteiger partial charge in [-0.1, -0.05) is 17.7 Å². The summed E-state index contributed by atoms with van der Waals surface area (Å²) in [5.74, 6) is -0.197. The lowest BCUT2D eigenvalue weighted by molar-refractivity contribution is 0.102. The van der Waals surface area contributed by atoms with Gasteiger partial charge in [-0.2, -0.15) is 0 Å². The molecule has 0 heterocycles. The largest absolute Gasteiger partial charge is 0.399 e. The molecule has 0 unspecified atom stereocenters. The third-order valence-electron chi connectivity index (χ3n) is 3.54. The number of aryl methyl sites for hydroxylation is 2. The van der Waals surface area contributed by atoms with Crippen LogP contribution in [-0.4, -0.2) is 5.91 Å². The van der Waals surface area contributed by atoms with Gasteiger partial charge in [-0.05, 0) is 60.7 Å². The Morgan fingerprint density at radius 1 is 1.10 bits per heavy atom. The number of carbonyl (C=O) groups is 1. The van der Waals surface area contributed by atoms with Crippen LogP contribution >= 0.6 is 11.6 Å². The quantitative estimate of drug-likeness (QED) is 0.828. The number of hydrogen-bond acceptors (Lipinski definition) is 2. The van der Waals surface area contributed by atoms with Crippen LogP contribution < -0.4 is 11.1 Å². The highest BCUT2D eigenvalue weighted by atomic mass is 35.5. The zero-order valence-electron chi connectivity index (χ0n) is 10.9. The molecule has 1 aliphatic carbocycles. The first-order chi connectivity index (χ1) is 9.61. The molecule has 0 saturated heterocycles. The van der Waals surface area contributed by atoms with Crippen LogP contribution in [-0.2, 0) is 12.8 Å². The molecule has 3 N–H and O–H groups in total. The van der Waals surface area contributed by atoms with E-state index in [1.54, 1.807) is 18.2 Å². The van der Waals surface area contributed by atoms with E-state index in [-0.39, 0.29) is 5.91 Å². The van der Waals surface area contributed by atoms with Crippen molar-refractivity contribution in [3.8, 4) is 0 Å². The van der Waals surface area contributed by atoms with Gasteiger partial charge in [-0.15, -0.1) is 0 Å². The average molecular weight is 287 g/mol. The number of carbonyl (C=O) groups excluding carboxylic acids is 1. The zero-order chi connectivity index (χ0) is 14.1. The van der Waals surface area contributed by atoms with E-state index in [9.17, 15) is 4.79 Å². The number of nitrogens with one attached hydrogen (secondary N) is 1. The van der Waals surface area contributed by atoms with E-state index in [4.69, 9.17) is 17.3 Å². The monoisotopic (exact) mass is 286 g/mol. The van der Waals surface area contributed by atoms with E-state index >= 15 is 0 Å². The van der Waals surface area contributed by atoms with E-state index in [1.807, 2.05) is 12.1 Å². The van der Waals surface area contributed by atoms with Crippen molar-refractivity contribution >= 4 is 28.9 Å². The van der Waals surface area contributed by atoms with Gasteiger partial charge >= 0.3 is 0 Å². The maximum atomic E-state index is 12.2. The Bertz CT molecular complexity index is 662. The number of anilines is 2. The number of nitrogens with two attached hydrogens (primary N) is 1. The maximum absolute atomic E-state index is 12.2. The van der Waals surface area contributed by atoms with Crippen molar-refractivity contribution in [3.05, 3.63) is 58.1 Å². The summed E-state index contributed by atoms with van der Waals surface area (Å²) in [6, 6.07) is 10.9. The summed E-state index contributed by atoms with van der Waals surface area (Å²) in [4.78, 5) is 12.2. The summed E-state index contributed by atoms with van der Waals surface area (Å²) >= 11 is 5.91. The Kier molecular flexibility index (Phi) is 3.36. The lowest BCUT2D eigenvalue weighted by Gasteiger charge is -2.08. The molecule has 0 atom stereocenters. The Balaban J connectivity index is 1.82. The fourth-order valence-corrected chi connectivity index (χ4v) is 2.84. The van der Waals surface area contributed by atoms with Crippen LogP contribution in [0.1, 0.15) is 27.9 Å². The van der Waals surface area contributed by atoms with Crippen molar-refractivity contribution in [1.82, 2.24) is 0 Å². The van der Waals surface area contributed by atoms with Gasteiger partial charge in [0.1, 0.15) is 0 Å². The first kappa shape index (κ1) is 13.0. The van der Waals surface area contributed by atoms with Crippen molar-refractivity contribution in [2.24, 2.45) is 0 Å². The number of nitrogen functional groups attached to an aromatic ring is 1. The number of benzene rings is 2. The van der Waals surface area contributed by atoms with E-state index in [2.05, 4.69) is 11.4 Å². The van der Waals surface area contributed by atoms with Crippen molar-refractivity contribution in [3.63, 3.8) is 0 Å². The number of rotatable bonds is 2. The normalized spacial score (nSPS) is 13.1. The van der Waals surface area contributed by atoms with Crippen LogP contribution in [0.15, 0.2) is 36.4 Å². The predicted molar refractivity (Wildman–Crippen MR) is 82.3 cm³/mol. The molecule has 2 aromatic carbocycles. The number of fused-ring (bicyclic) bond motifs is 1. The smallest absolute Gasteiger partial charge is 0.255 e. The van der Waals surface area contributed by atoms with Crippen LogP contribution in [0, 0.1) is 0 Å². The summed E-state index contributed by atoms with van der Waals surface area (Å²) in [6.07, 6.45) is 3.41. The van der Waals surface area contributed by atoms with Gasteiger partial charge in [0.15, 0.2) is 0 Å². The lowest BCUT2D eigenvalue weighted by Crippen LogP contribution is -2.12. The van der Waals surface area contributed by atoms with Gasteiger partial charge in [-0.3, -0.25) is 4.79 Å². The van der Waals surface area contributed by atoms with Gasteiger partial charge < -0.3 is 11.1 Å². The molecule has 4 heteroatoms. The van der Waals surface area contributed by atoms with Crippen LogP contribution in [0.25, 0.3) is 0 Å². The minimum Gasteiger partial charge on any atom is -0.399 e. The molecule has 20 heavy (non-hydrogen) atoms. The summed E-state index contributed by atoms with van der Waals surface area (Å²) in [6.45, 7) is 0. The van der Waals surface area contributed by atoms with E-state index in [0.717, 1.165) is 18.5 Å². The first-order valence-electron chi connectivity index (χ1n) is 6.61. The molecule has 2 aromatic rings. The third kappa shape index (κ3) is 2.63. The molecule has 0 bridgehead atoms. The molecule has 0 aromatic heterocycles. The van der Waals surface area contributed by atoms with Crippen LogP contribution in [0.3, 0.4) is 0 Å². The van der Waals surface area contributed by atoms with Gasteiger partial charge in [0.2, 0.25) is 0 Å². The summed E-state index contributed by atoms with van der Waals surface area (Å²) in [7, 11) is 0. The average Bonchev–Trinajstić information content (AvgIpc) is 2.85. The second-order valence-corrected chi connectivity index (χ2v) is 5.50. The van der Waals surface area contributed by atoms with Gasteiger partial charge in [-0.25, -0.2) is 0 Å². The number of halogens is 1. The third-order valence-corrected chi connectivity index (χ3v) is 3.76. The van der Waals surface area contributed by atoms with Crippen LogP contribution in [0.4, 0.5) is 11.4 Å². The standard InChI is InChI=1S/C16H15ClN2O/c17-13-6-12(7-14(18)9-13)16(20)19-15-5-4-10-2-1-3-11(10)8-15/h4-9H,1-3,18H2,(H,19,20). The summed E-state index contributed by atoms with van der Waals surface area (Å²) < 4.78 is 0. The molecule has 0 aliphatic heterocycles. The van der Waals surface area contributed by atoms with Crippen LogP contribution in [0.5, 0.6) is 0 Å². The molecule has 1 aliphatic rings. The second kappa shape index (κ2) is 5.17. The van der Waals surface area contributed by atoms with Crippen LogP contribution in [0.2, 0.25) is 5.02 Å². The number of hydrogen-bond donors (Lipinski definition) is 2. The molecule has 1 amide bonds. The van der Waals surface area contributed by atoms with E-state index in [1.165, 1.54) is 17.5 Å². The molecule has 102 valence electrons. The molecule has 0 spiro atoms. The lowest BCUT2D eigenvalue weighted by atomic mass is 10.1. The van der Waals surface area contributed by atoms with Crippen molar-refractivity contribution in [2.75, 3.05) is 11.1 Å². The van der Waals surface area contributed by atoms with Crippen molar-refractivity contribution in [2.45, 2.75) is 19.3 Å². The van der Waals surface area contributed by atoms with Gasteiger partial charge in [0, 0.05) is 22.0 Å². The Morgan fingerprint density at radius 2 is 1.90 bits per heavy atom. The fourth-order valence-electron chi connectivity index (χ4n) is 2.60. The van der Waals surface area contributed by atoms with Crippen molar-refractivity contribution < 1.29 is 4.79 Å². The molecule has 0 saturated carbocycles. The maximum Gasteiger partial charge on any atom is 0.255 e. The van der Waals surface area contributed by atoms with Crippen molar-refractivity contribution in [1.29, 1.82) is 0 Å². The minimum atomic E-state index is -0.197. The Hall–Kier alpha value is -2.00. The second-order valence-electron chi connectivity index (χ2n) is 5.06. The van der Waals surface area contributed by atoms with Gasteiger partial charge in [0.25, 0.3) is 5.91 Å². The highest BCUT2D eigenvalue weighted by Gasteiger charge is 2.13.